The van der Waals surface area contributed by atoms with Crippen LogP contribution in [0, 0.1) is 5.92 Å². The molecule has 86 valence electrons. The van der Waals surface area contributed by atoms with E-state index in [2.05, 4.69) is 22.5 Å². The molecule has 0 radical (unpaired) electrons. The summed E-state index contributed by atoms with van der Waals surface area (Å²) in [6, 6.07) is 1.53. The summed E-state index contributed by atoms with van der Waals surface area (Å²) in [5, 5.41) is 6.47. The molecule has 1 aliphatic heterocycles. The van der Waals surface area contributed by atoms with E-state index in [-0.39, 0.29) is 11.9 Å². The first-order chi connectivity index (χ1) is 7.68. The van der Waals surface area contributed by atoms with Crippen molar-refractivity contribution in [2.75, 3.05) is 11.9 Å². The summed E-state index contributed by atoms with van der Waals surface area (Å²) in [4.78, 5) is 15.8. The van der Waals surface area contributed by atoms with Crippen molar-refractivity contribution in [2.24, 2.45) is 5.92 Å². The van der Waals surface area contributed by atoms with E-state index in [0.717, 1.165) is 13.0 Å². The fraction of sp³-hybridized carbons (Fsp3) is 0.455. The van der Waals surface area contributed by atoms with Crippen molar-refractivity contribution in [3.63, 3.8) is 0 Å². The van der Waals surface area contributed by atoms with E-state index in [1.807, 2.05) is 0 Å². The summed E-state index contributed by atoms with van der Waals surface area (Å²) < 4.78 is 0. The van der Waals surface area contributed by atoms with Crippen molar-refractivity contribution in [1.82, 2.24) is 10.3 Å². The Morgan fingerprint density at radius 3 is 3.12 bits per heavy atom. The van der Waals surface area contributed by atoms with Gasteiger partial charge in [0.05, 0.1) is 22.9 Å². The second-order valence-electron chi connectivity index (χ2n) is 4.04. The van der Waals surface area contributed by atoms with Crippen molar-refractivity contribution in [2.45, 2.75) is 19.4 Å². The third-order valence-electron chi connectivity index (χ3n) is 2.84. The van der Waals surface area contributed by atoms with E-state index >= 15 is 0 Å². The predicted molar refractivity (Wildman–Crippen MR) is 63.4 cm³/mol. The van der Waals surface area contributed by atoms with Crippen LogP contribution >= 0.6 is 11.6 Å². The first kappa shape index (κ1) is 11.4. The van der Waals surface area contributed by atoms with Crippen molar-refractivity contribution in [3.8, 4) is 0 Å². The number of rotatable bonds is 2. The minimum Gasteiger partial charge on any atom is -0.322 e. The SMILES string of the molecule is CC1CCNC1C(=O)Nc1cnccc1Cl. The Morgan fingerprint density at radius 2 is 2.50 bits per heavy atom. The zero-order chi connectivity index (χ0) is 11.5. The molecule has 4 nitrogen and oxygen atoms in total. The Kier molecular flexibility index (Phi) is 3.41. The highest BCUT2D eigenvalue weighted by atomic mass is 35.5. The van der Waals surface area contributed by atoms with Crippen LogP contribution in [0.2, 0.25) is 5.02 Å². The molecule has 5 heteroatoms. The number of hydrogen-bond acceptors (Lipinski definition) is 3. The summed E-state index contributed by atoms with van der Waals surface area (Å²) >= 11 is 5.94. The number of amides is 1. The largest absolute Gasteiger partial charge is 0.322 e. The number of pyridine rings is 1. The molecule has 16 heavy (non-hydrogen) atoms. The highest BCUT2D eigenvalue weighted by molar-refractivity contribution is 6.33. The molecule has 1 aliphatic rings. The molecule has 0 spiro atoms. The Balaban J connectivity index is 2.05. The highest BCUT2D eigenvalue weighted by Crippen LogP contribution is 2.21. The molecule has 0 bridgehead atoms. The number of halogens is 1. The van der Waals surface area contributed by atoms with Gasteiger partial charge in [0.25, 0.3) is 0 Å². The van der Waals surface area contributed by atoms with Gasteiger partial charge in [0, 0.05) is 6.20 Å². The van der Waals surface area contributed by atoms with E-state index < -0.39 is 0 Å². The second-order valence-corrected chi connectivity index (χ2v) is 4.45. The van der Waals surface area contributed by atoms with Gasteiger partial charge in [0.1, 0.15) is 0 Å². The third kappa shape index (κ3) is 2.33. The minimum atomic E-state index is -0.128. The van der Waals surface area contributed by atoms with Gasteiger partial charge >= 0.3 is 0 Å². The second kappa shape index (κ2) is 4.80. The van der Waals surface area contributed by atoms with E-state index in [0.29, 0.717) is 16.6 Å². The Bertz CT molecular complexity index is 397. The van der Waals surface area contributed by atoms with Gasteiger partial charge in [0.2, 0.25) is 5.91 Å². The van der Waals surface area contributed by atoms with Crippen molar-refractivity contribution in [3.05, 3.63) is 23.5 Å². The maximum Gasteiger partial charge on any atom is 0.241 e. The molecular weight excluding hydrogens is 226 g/mol. The quantitative estimate of drug-likeness (QED) is 0.826. The van der Waals surface area contributed by atoms with E-state index in [1.165, 1.54) is 0 Å². The molecule has 2 heterocycles. The first-order valence-corrected chi connectivity index (χ1v) is 5.70. The monoisotopic (exact) mass is 239 g/mol. The molecule has 2 atom stereocenters. The van der Waals surface area contributed by atoms with Crippen molar-refractivity contribution >= 4 is 23.2 Å². The molecule has 2 unspecified atom stereocenters. The van der Waals surface area contributed by atoms with Gasteiger partial charge in [-0.05, 0) is 24.9 Å². The summed E-state index contributed by atoms with van der Waals surface area (Å²) in [5.74, 6) is 0.315. The lowest BCUT2D eigenvalue weighted by Gasteiger charge is -2.15. The number of aromatic nitrogens is 1. The predicted octanol–water partition coefficient (Wildman–Crippen LogP) is 1.67. The Morgan fingerprint density at radius 1 is 1.69 bits per heavy atom. The van der Waals surface area contributed by atoms with Crippen LogP contribution in [-0.4, -0.2) is 23.5 Å². The van der Waals surface area contributed by atoms with Crippen LogP contribution in [0.25, 0.3) is 0 Å². The molecule has 1 fully saturated rings. The van der Waals surface area contributed by atoms with Crippen LogP contribution in [0.15, 0.2) is 18.5 Å². The summed E-state index contributed by atoms with van der Waals surface area (Å²) in [5.41, 5.74) is 0.565. The van der Waals surface area contributed by atoms with Crippen LogP contribution in [0.5, 0.6) is 0 Å². The lowest BCUT2D eigenvalue weighted by molar-refractivity contribution is -0.118. The average molecular weight is 240 g/mol. The lowest BCUT2D eigenvalue weighted by atomic mass is 10.0. The fourth-order valence-corrected chi connectivity index (χ4v) is 2.02. The molecule has 1 aromatic rings. The van der Waals surface area contributed by atoms with Gasteiger partial charge in [0.15, 0.2) is 0 Å². The number of carbonyl (C=O) groups excluding carboxylic acids is 1. The molecule has 0 aliphatic carbocycles. The topological polar surface area (TPSA) is 54.0 Å². The van der Waals surface area contributed by atoms with E-state index in [1.54, 1.807) is 18.5 Å². The normalized spacial score (nSPS) is 24.4. The molecule has 2 rings (SSSR count). The van der Waals surface area contributed by atoms with E-state index in [4.69, 9.17) is 11.6 Å². The van der Waals surface area contributed by atoms with Crippen LogP contribution in [0.4, 0.5) is 5.69 Å². The zero-order valence-corrected chi connectivity index (χ0v) is 9.79. The number of nitrogens with one attached hydrogen (secondary N) is 2. The molecule has 0 aromatic carbocycles. The molecule has 1 aromatic heterocycles. The van der Waals surface area contributed by atoms with Gasteiger partial charge < -0.3 is 10.6 Å². The Hall–Kier alpha value is -1.13. The average Bonchev–Trinajstić information content (AvgIpc) is 2.68. The maximum absolute atomic E-state index is 11.9. The highest BCUT2D eigenvalue weighted by Gasteiger charge is 2.29. The minimum absolute atomic E-state index is 0.0418. The standard InChI is InChI=1S/C11H14ClN3O/c1-7-2-5-14-10(7)11(16)15-9-6-13-4-3-8(9)12/h3-4,6-7,10,14H,2,5H2,1H3,(H,15,16). The van der Waals surface area contributed by atoms with Gasteiger partial charge in [-0.3, -0.25) is 9.78 Å². The molecule has 0 saturated carbocycles. The van der Waals surface area contributed by atoms with Gasteiger partial charge in [-0.2, -0.15) is 0 Å². The van der Waals surface area contributed by atoms with Crippen molar-refractivity contribution < 1.29 is 4.79 Å². The smallest absolute Gasteiger partial charge is 0.241 e. The van der Waals surface area contributed by atoms with Gasteiger partial charge in [-0.1, -0.05) is 18.5 Å². The molecule has 1 amide bonds. The molecule has 2 N–H and O–H groups in total. The zero-order valence-electron chi connectivity index (χ0n) is 9.03. The maximum atomic E-state index is 11.9. The molecular formula is C11H14ClN3O. The number of nitrogens with zero attached hydrogens (tertiary/aromatic N) is 1. The van der Waals surface area contributed by atoms with Gasteiger partial charge in [-0.25, -0.2) is 0 Å². The molecule has 1 saturated heterocycles. The summed E-state index contributed by atoms with van der Waals surface area (Å²) in [6.07, 6.45) is 4.17. The third-order valence-corrected chi connectivity index (χ3v) is 3.17. The van der Waals surface area contributed by atoms with Crippen LogP contribution < -0.4 is 10.6 Å². The summed E-state index contributed by atoms with van der Waals surface area (Å²) in [7, 11) is 0. The van der Waals surface area contributed by atoms with Crippen LogP contribution in [-0.2, 0) is 4.79 Å². The van der Waals surface area contributed by atoms with Crippen LogP contribution in [0.3, 0.4) is 0 Å². The summed E-state index contributed by atoms with van der Waals surface area (Å²) in [6.45, 7) is 2.95. The van der Waals surface area contributed by atoms with Gasteiger partial charge in [-0.15, -0.1) is 0 Å². The van der Waals surface area contributed by atoms with Crippen LogP contribution in [0.1, 0.15) is 13.3 Å². The fourth-order valence-electron chi connectivity index (χ4n) is 1.87. The number of hydrogen-bond donors (Lipinski definition) is 2. The Labute approximate surface area is 99.4 Å². The van der Waals surface area contributed by atoms with Crippen molar-refractivity contribution in [1.29, 1.82) is 0 Å². The number of anilines is 1. The first-order valence-electron chi connectivity index (χ1n) is 5.32. The van der Waals surface area contributed by atoms with E-state index in [9.17, 15) is 4.79 Å². The lowest BCUT2D eigenvalue weighted by Crippen LogP contribution is -2.39. The number of carbonyl (C=O) groups is 1.